The van der Waals surface area contributed by atoms with Gasteiger partial charge in [-0.15, -0.1) is 0 Å². The molecule has 0 radical (unpaired) electrons. The number of aliphatic hydroxyl groups excluding tert-OH is 1. The molecule has 0 fully saturated rings. The van der Waals surface area contributed by atoms with Crippen molar-refractivity contribution in [2.45, 2.75) is 13.5 Å². The molecule has 2 nitrogen and oxygen atoms in total. The van der Waals surface area contributed by atoms with Crippen molar-refractivity contribution in [3.8, 4) is 5.75 Å². The molecule has 0 amide bonds. The molecule has 0 aliphatic rings. The summed E-state index contributed by atoms with van der Waals surface area (Å²) in [6.07, 6.45) is 0. The summed E-state index contributed by atoms with van der Waals surface area (Å²) in [7, 11) is 0. The first-order valence-corrected chi connectivity index (χ1v) is 3.70. The lowest BCUT2D eigenvalue weighted by Gasteiger charge is -2.06. The van der Waals surface area contributed by atoms with Crippen molar-refractivity contribution in [3.05, 3.63) is 29.8 Å². The second-order valence-corrected chi connectivity index (χ2v) is 2.20. The van der Waals surface area contributed by atoms with Crippen molar-refractivity contribution in [1.29, 1.82) is 0 Å². The first-order valence-electron chi connectivity index (χ1n) is 3.70. The van der Waals surface area contributed by atoms with Gasteiger partial charge < -0.3 is 9.84 Å². The second kappa shape index (κ2) is 3.98. The molecule has 1 aromatic rings. The van der Waals surface area contributed by atoms with Crippen LogP contribution in [0.1, 0.15) is 12.5 Å². The van der Waals surface area contributed by atoms with E-state index in [1.54, 1.807) is 0 Å². The van der Waals surface area contributed by atoms with Crippen molar-refractivity contribution >= 4 is 0 Å². The number of aliphatic hydroxyl groups is 1. The average Bonchev–Trinajstić information content (AvgIpc) is 2.06. The maximum atomic E-state index is 8.87. The van der Waals surface area contributed by atoms with E-state index < -0.39 is 0 Å². The van der Waals surface area contributed by atoms with Crippen molar-refractivity contribution in [3.63, 3.8) is 0 Å². The van der Waals surface area contributed by atoms with Crippen molar-refractivity contribution in [2.75, 3.05) is 6.61 Å². The lowest BCUT2D eigenvalue weighted by molar-refractivity contribution is 0.267. The maximum absolute atomic E-state index is 8.87. The Bertz CT molecular complexity index is 221. The summed E-state index contributed by atoms with van der Waals surface area (Å²) < 4.78 is 5.27. The summed E-state index contributed by atoms with van der Waals surface area (Å²) in [6, 6.07) is 7.48. The molecule has 1 aromatic carbocycles. The van der Waals surface area contributed by atoms with Crippen molar-refractivity contribution in [2.24, 2.45) is 0 Å². The van der Waals surface area contributed by atoms with Gasteiger partial charge in [-0.2, -0.15) is 0 Å². The Balaban J connectivity index is 2.83. The molecule has 0 saturated carbocycles. The molecule has 1 rings (SSSR count). The minimum Gasteiger partial charge on any atom is -0.494 e. The third-order valence-electron chi connectivity index (χ3n) is 1.44. The zero-order valence-electron chi connectivity index (χ0n) is 6.58. The van der Waals surface area contributed by atoms with Crippen LogP contribution < -0.4 is 4.74 Å². The van der Waals surface area contributed by atoms with E-state index in [2.05, 4.69) is 0 Å². The van der Waals surface area contributed by atoms with Crippen LogP contribution in [0.2, 0.25) is 0 Å². The fourth-order valence-electron chi connectivity index (χ4n) is 0.931. The van der Waals surface area contributed by atoms with Crippen LogP contribution in [0.4, 0.5) is 0 Å². The number of benzene rings is 1. The third kappa shape index (κ3) is 1.95. The summed E-state index contributed by atoms with van der Waals surface area (Å²) >= 11 is 0. The number of hydrogen-bond acceptors (Lipinski definition) is 2. The Kier molecular flexibility index (Phi) is 2.93. The van der Waals surface area contributed by atoms with Gasteiger partial charge in [-0.25, -0.2) is 0 Å². The number of ether oxygens (including phenoxy) is 1. The molecule has 0 heterocycles. The maximum Gasteiger partial charge on any atom is 0.124 e. The largest absolute Gasteiger partial charge is 0.494 e. The van der Waals surface area contributed by atoms with E-state index in [0.29, 0.717) is 6.61 Å². The molecule has 0 unspecified atom stereocenters. The quantitative estimate of drug-likeness (QED) is 0.712. The number of para-hydroxylation sites is 1. The zero-order valence-corrected chi connectivity index (χ0v) is 6.58. The van der Waals surface area contributed by atoms with Crippen LogP contribution in [0.5, 0.6) is 5.75 Å². The summed E-state index contributed by atoms with van der Waals surface area (Å²) in [5.41, 5.74) is 0.842. The van der Waals surface area contributed by atoms with Crippen LogP contribution in [-0.4, -0.2) is 11.7 Å². The summed E-state index contributed by atoms with van der Waals surface area (Å²) in [4.78, 5) is 0. The van der Waals surface area contributed by atoms with Gasteiger partial charge >= 0.3 is 0 Å². The predicted molar refractivity (Wildman–Crippen MR) is 43.5 cm³/mol. The molecule has 0 saturated heterocycles. The summed E-state index contributed by atoms with van der Waals surface area (Å²) in [5.74, 6) is 0.775. The van der Waals surface area contributed by atoms with E-state index in [1.165, 1.54) is 0 Å². The van der Waals surface area contributed by atoms with Gasteiger partial charge in [-0.3, -0.25) is 0 Å². The Morgan fingerprint density at radius 1 is 1.36 bits per heavy atom. The Morgan fingerprint density at radius 2 is 2.09 bits per heavy atom. The Hall–Kier alpha value is -1.02. The van der Waals surface area contributed by atoms with Gasteiger partial charge in [0.05, 0.1) is 13.2 Å². The van der Waals surface area contributed by atoms with Gasteiger partial charge in [-0.1, -0.05) is 18.2 Å². The zero-order chi connectivity index (χ0) is 8.10. The minimum absolute atomic E-state index is 0.0379. The lowest BCUT2D eigenvalue weighted by atomic mass is 10.2. The second-order valence-electron chi connectivity index (χ2n) is 2.20. The highest BCUT2D eigenvalue weighted by Crippen LogP contribution is 2.16. The van der Waals surface area contributed by atoms with Crippen LogP contribution in [0.3, 0.4) is 0 Å². The van der Waals surface area contributed by atoms with Crippen LogP contribution in [0, 0.1) is 0 Å². The van der Waals surface area contributed by atoms with Crippen LogP contribution >= 0.6 is 0 Å². The van der Waals surface area contributed by atoms with E-state index in [9.17, 15) is 0 Å². The predicted octanol–water partition coefficient (Wildman–Crippen LogP) is 1.58. The highest BCUT2D eigenvalue weighted by Gasteiger charge is 1.98. The molecule has 0 aliphatic carbocycles. The number of rotatable bonds is 3. The molecule has 0 aromatic heterocycles. The van der Waals surface area contributed by atoms with E-state index in [0.717, 1.165) is 11.3 Å². The average molecular weight is 152 g/mol. The van der Waals surface area contributed by atoms with Gasteiger partial charge in [0.2, 0.25) is 0 Å². The molecule has 60 valence electrons. The van der Waals surface area contributed by atoms with E-state index in [1.807, 2.05) is 31.2 Å². The first-order chi connectivity index (χ1) is 5.38. The topological polar surface area (TPSA) is 29.5 Å². The molecule has 11 heavy (non-hydrogen) atoms. The van der Waals surface area contributed by atoms with E-state index >= 15 is 0 Å². The minimum atomic E-state index is 0.0379. The molecule has 0 aliphatic heterocycles. The monoisotopic (exact) mass is 152 g/mol. The van der Waals surface area contributed by atoms with Gasteiger partial charge in [0.15, 0.2) is 0 Å². The normalized spacial score (nSPS) is 9.64. The third-order valence-corrected chi connectivity index (χ3v) is 1.44. The van der Waals surface area contributed by atoms with Gasteiger partial charge in [0.25, 0.3) is 0 Å². The molecular formula is C9H12O2. The highest BCUT2D eigenvalue weighted by atomic mass is 16.5. The van der Waals surface area contributed by atoms with Crippen LogP contribution in [0.15, 0.2) is 24.3 Å². The highest BCUT2D eigenvalue weighted by molar-refractivity contribution is 5.32. The molecule has 1 N–H and O–H groups in total. The summed E-state index contributed by atoms with van der Waals surface area (Å²) in [6.45, 7) is 2.60. The van der Waals surface area contributed by atoms with Crippen molar-refractivity contribution in [1.82, 2.24) is 0 Å². The lowest BCUT2D eigenvalue weighted by Crippen LogP contribution is -1.95. The Morgan fingerprint density at radius 3 is 2.73 bits per heavy atom. The van der Waals surface area contributed by atoms with Gasteiger partial charge in [-0.05, 0) is 13.0 Å². The SMILES string of the molecule is CCOc1ccccc1CO. The molecular weight excluding hydrogens is 140 g/mol. The van der Waals surface area contributed by atoms with E-state index in [4.69, 9.17) is 9.84 Å². The van der Waals surface area contributed by atoms with Crippen LogP contribution in [-0.2, 0) is 6.61 Å². The molecule has 2 heteroatoms. The van der Waals surface area contributed by atoms with E-state index in [-0.39, 0.29) is 6.61 Å². The first kappa shape index (κ1) is 8.08. The Labute approximate surface area is 66.4 Å². The molecule has 0 spiro atoms. The fraction of sp³-hybridized carbons (Fsp3) is 0.333. The summed E-state index contributed by atoms with van der Waals surface area (Å²) in [5, 5.41) is 8.87. The van der Waals surface area contributed by atoms with Crippen molar-refractivity contribution < 1.29 is 9.84 Å². The standard InChI is InChI=1S/C9H12O2/c1-2-11-9-6-4-3-5-8(9)7-10/h3-6,10H,2,7H2,1H3. The fourth-order valence-corrected chi connectivity index (χ4v) is 0.931. The number of hydrogen-bond donors (Lipinski definition) is 1. The smallest absolute Gasteiger partial charge is 0.124 e. The van der Waals surface area contributed by atoms with Gasteiger partial charge in [0, 0.05) is 5.56 Å². The molecule has 0 bridgehead atoms. The molecule has 0 atom stereocenters. The van der Waals surface area contributed by atoms with Crippen LogP contribution in [0.25, 0.3) is 0 Å². The van der Waals surface area contributed by atoms with Gasteiger partial charge in [0.1, 0.15) is 5.75 Å².